The first-order valence-electron chi connectivity index (χ1n) is 4.62. The van der Waals surface area contributed by atoms with Crippen LogP contribution in [0.25, 0.3) is 0 Å². The summed E-state index contributed by atoms with van der Waals surface area (Å²) in [7, 11) is 0. The molecule has 1 amide bonds. The molecule has 1 N–H and O–H groups in total. The van der Waals surface area contributed by atoms with Crippen LogP contribution in [0.5, 0.6) is 0 Å². The summed E-state index contributed by atoms with van der Waals surface area (Å²) in [6, 6.07) is 1.92. The Morgan fingerprint density at radius 2 is 2.21 bits per heavy atom. The van der Waals surface area contributed by atoms with Gasteiger partial charge in [0, 0.05) is 18.0 Å². The molecule has 0 radical (unpaired) electrons. The number of carbonyl (C=O) groups is 1. The lowest BCUT2D eigenvalue weighted by Crippen LogP contribution is -2.53. The van der Waals surface area contributed by atoms with E-state index in [-0.39, 0.29) is 12.0 Å². The van der Waals surface area contributed by atoms with E-state index in [2.05, 4.69) is 0 Å². The highest BCUT2D eigenvalue weighted by atomic mass is 32.1. The van der Waals surface area contributed by atoms with Gasteiger partial charge in [-0.15, -0.1) is 11.3 Å². The molecule has 3 nitrogen and oxygen atoms in total. The van der Waals surface area contributed by atoms with Crippen LogP contribution in [0.4, 0.5) is 0 Å². The predicted octanol–water partition coefficient (Wildman–Crippen LogP) is 1.18. The Morgan fingerprint density at radius 3 is 2.64 bits per heavy atom. The van der Waals surface area contributed by atoms with E-state index >= 15 is 0 Å². The summed E-state index contributed by atoms with van der Waals surface area (Å²) < 4.78 is 0. The summed E-state index contributed by atoms with van der Waals surface area (Å²) in [5, 5.41) is 9.08. The van der Waals surface area contributed by atoms with Gasteiger partial charge in [0.15, 0.2) is 0 Å². The number of aryl methyl sites for hydroxylation is 2. The van der Waals surface area contributed by atoms with Gasteiger partial charge in [-0.2, -0.15) is 0 Å². The van der Waals surface area contributed by atoms with E-state index in [1.54, 1.807) is 4.90 Å². The second-order valence-electron chi connectivity index (χ2n) is 3.71. The SMILES string of the molecule is Cc1cc(C(=O)N2CC(O)C2)sc1C. The molecule has 76 valence electrons. The van der Waals surface area contributed by atoms with Crippen LogP contribution in [0.3, 0.4) is 0 Å². The molecule has 1 aromatic rings. The zero-order chi connectivity index (χ0) is 10.3. The van der Waals surface area contributed by atoms with Crippen molar-refractivity contribution in [2.24, 2.45) is 0 Å². The standard InChI is InChI=1S/C10H13NO2S/c1-6-3-9(14-7(6)2)10(13)11-4-8(12)5-11/h3,8,12H,4-5H2,1-2H3. The Morgan fingerprint density at radius 1 is 1.57 bits per heavy atom. The van der Waals surface area contributed by atoms with Crippen LogP contribution >= 0.6 is 11.3 Å². The van der Waals surface area contributed by atoms with Gasteiger partial charge in [0.05, 0.1) is 11.0 Å². The van der Waals surface area contributed by atoms with Gasteiger partial charge >= 0.3 is 0 Å². The fourth-order valence-electron chi connectivity index (χ4n) is 1.46. The number of carbonyl (C=O) groups excluding carboxylic acids is 1. The van der Waals surface area contributed by atoms with Gasteiger partial charge in [-0.1, -0.05) is 0 Å². The van der Waals surface area contributed by atoms with E-state index in [9.17, 15) is 4.79 Å². The molecule has 0 aromatic carbocycles. The van der Waals surface area contributed by atoms with Crippen LogP contribution in [0.2, 0.25) is 0 Å². The van der Waals surface area contributed by atoms with Crippen LogP contribution in [-0.4, -0.2) is 35.1 Å². The van der Waals surface area contributed by atoms with Crippen LogP contribution < -0.4 is 0 Å². The minimum Gasteiger partial charge on any atom is -0.389 e. The molecule has 14 heavy (non-hydrogen) atoms. The topological polar surface area (TPSA) is 40.5 Å². The Balaban J connectivity index is 2.12. The third kappa shape index (κ3) is 1.55. The molecule has 0 saturated carbocycles. The molecule has 0 bridgehead atoms. The maximum absolute atomic E-state index is 11.8. The van der Waals surface area contributed by atoms with Crippen LogP contribution in [0, 0.1) is 13.8 Å². The molecule has 1 aliphatic heterocycles. The summed E-state index contributed by atoms with van der Waals surface area (Å²) in [4.78, 5) is 15.4. The minimum atomic E-state index is -0.318. The van der Waals surface area contributed by atoms with Gasteiger partial charge < -0.3 is 10.0 Å². The summed E-state index contributed by atoms with van der Waals surface area (Å²) in [5.74, 6) is 0.0523. The zero-order valence-electron chi connectivity index (χ0n) is 8.28. The van der Waals surface area contributed by atoms with Gasteiger partial charge in [0.25, 0.3) is 5.91 Å². The predicted molar refractivity (Wildman–Crippen MR) is 55.7 cm³/mol. The summed E-state index contributed by atoms with van der Waals surface area (Å²) in [6.07, 6.45) is -0.318. The second-order valence-corrected chi connectivity index (χ2v) is 4.97. The molecule has 0 spiro atoms. The van der Waals surface area contributed by atoms with Crippen molar-refractivity contribution in [2.75, 3.05) is 13.1 Å². The van der Waals surface area contributed by atoms with E-state index in [1.807, 2.05) is 19.9 Å². The third-order valence-electron chi connectivity index (χ3n) is 2.53. The zero-order valence-corrected chi connectivity index (χ0v) is 9.10. The minimum absolute atomic E-state index is 0.0523. The van der Waals surface area contributed by atoms with Crippen LogP contribution in [-0.2, 0) is 0 Å². The smallest absolute Gasteiger partial charge is 0.264 e. The van der Waals surface area contributed by atoms with E-state index < -0.39 is 0 Å². The monoisotopic (exact) mass is 211 g/mol. The van der Waals surface area contributed by atoms with Gasteiger partial charge in [0.1, 0.15) is 0 Å². The Bertz CT molecular complexity index is 347. The van der Waals surface area contributed by atoms with Crippen molar-refractivity contribution in [1.82, 2.24) is 4.90 Å². The molecule has 1 aromatic heterocycles. The molecule has 0 atom stereocenters. The number of amides is 1. The lowest BCUT2D eigenvalue weighted by Gasteiger charge is -2.35. The summed E-state index contributed by atoms with van der Waals surface area (Å²) >= 11 is 1.53. The molecule has 1 fully saturated rings. The van der Waals surface area contributed by atoms with Crippen LogP contribution in [0.1, 0.15) is 20.1 Å². The number of hydrogen-bond donors (Lipinski definition) is 1. The van der Waals surface area contributed by atoms with Crippen molar-refractivity contribution in [3.05, 3.63) is 21.4 Å². The fraction of sp³-hybridized carbons (Fsp3) is 0.500. The van der Waals surface area contributed by atoms with Crippen molar-refractivity contribution in [3.8, 4) is 0 Å². The first-order chi connectivity index (χ1) is 6.58. The average Bonchev–Trinajstić information content (AvgIpc) is 2.41. The molecule has 0 unspecified atom stereocenters. The van der Waals surface area contributed by atoms with Gasteiger partial charge in [-0.3, -0.25) is 4.79 Å². The number of likely N-dealkylation sites (tertiary alicyclic amines) is 1. The molecule has 4 heteroatoms. The number of nitrogens with zero attached hydrogens (tertiary/aromatic N) is 1. The van der Waals surface area contributed by atoms with Crippen molar-refractivity contribution >= 4 is 17.2 Å². The number of aliphatic hydroxyl groups is 1. The van der Waals surface area contributed by atoms with Crippen molar-refractivity contribution in [1.29, 1.82) is 0 Å². The quantitative estimate of drug-likeness (QED) is 0.758. The van der Waals surface area contributed by atoms with E-state index in [1.165, 1.54) is 21.8 Å². The number of rotatable bonds is 1. The Kier molecular flexibility index (Phi) is 2.33. The average molecular weight is 211 g/mol. The molecule has 2 rings (SSSR count). The molecule has 2 heterocycles. The van der Waals surface area contributed by atoms with E-state index in [0.29, 0.717) is 13.1 Å². The maximum Gasteiger partial charge on any atom is 0.264 e. The van der Waals surface area contributed by atoms with Gasteiger partial charge in [-0.25, -0.2) is 0 Å². The van der Waals surface area contributed by atoms with Crippen LogP contribution in [0.15, 0.2) is 6.07 Å². The number of β-amino-alcohol motifs (C(OH)–C–C–N with tert-alkyl or cyclic N) is 1. The normalized spacial score (nSPS) is 16.9. The number of hydrogen-bond acceptors (Lipinski definition) is 3. The molecular formula is C10H13NO2S. The molecule has 0 aliphatic carbocycles. The summed E-state index contributed by atoms with van der Waals surface area (Å²) in [5.41, 5.74) is 1.17. The van der Waals surface area contributed by atoms with Crippen molar-refractivity contribution in [3.63, 3.8) is 0 Å². The highest BCUT2D eigenvalue weighted by Crippen LogP contribution is 2.23. The first-order valence-corrected chi connectivity index (χ1v) is 5.44. The number of thiophene rings is 1. The highest BCUT2D eigenvalue weighted by molar-refractivity contribution is 7.14. The lowest BCUT2D eigenvalue weighted by atomic mass is 10.1. The van der Waals surface area contributed by atoms with Gasteiger partial charge in [-0.05, 0) is 25.5 Å². The lowest BCUT2D eigenvalue weighted by molar-refractivity contribution is 0.00622. The maximum atomic E-state index is 11.8. The largest absolute Gasteiger partial charge is 0.389 e. The number of aliphatic hydroxyl groups excluding tert-OH is 1. The van der Waals surface area contributed by atoms with Gasteiger partial charge in [0.2, 0.25) is 0 Å². The van der Waals surface area contributed by atoms with E-state index in [0.717, 1.165) is 4.88 Å². The van der Waals surface area contributed by atoms with Crippen molar-refractivity contribution < 1.29 is 9.90 Å². The third-order valence-corrected chi connectivity index (χ3v) is 3.67. The van der Waals surface area contributed by atoms with Crippen molar-refractivity contribution in [2.45, 2.75) is 20.0 Å². The molecule has 1 saturated heterocycles. The summed E-state index contributed by atoms with van der Waals surface area (Å²) in [6.45, 7) is 4.99. The molecular weight excluding hydrogens is 198 g/mol. The Labute approximate surface area is 87.0 Å². The molecule has 1 aliphatic rings. The highest BCUT2D eigenvalue weighted by Gasteiger charge is 2.30. The van der Waals surface area contributed by atoms with E-state index in [4.69, 9.17) is 5.11 Å². The first kappa shape index (κ1) is 9.68. The second kappa shape index (κ2) is 3.37. The fourth-order valence-corrected chi connectivity index (χ4v) is 2.46. The Hall–Kier alpha value is -0.870.